The van der Waals surface area contributed by atoms with E-state index in [0.29, 0.717) is 5.56 Å². The number of thiophene rings is 1. The van der Waals surface area contributed by atoms with Gasteiger partial charge in [0.25, 0.3) is 5.91 Å². The van der Waals surface area contributed by atoms with E-state index in [2.05, 4.69) is 10.3 Å². The van der Waals surface area contributed by atoms with Gasteiger partial charge in [-0.15, -0.1) is 11.3 Å². The van der Waals surface area contributed by atoms with E-state index in [1.54, 1.807) is 31.3 Å². The molecule has 1 aromatic carbocycles. The average Bonchev–Trinajstić information content (AvgIpc) is 3.12. The minimum Gasteiger partial charge on any atom is -0.462 e. The fourth-order valence-electron chi connectivity index (χ4n) is 2.47. The van der Waals surface area contributed by atoms with Crippen molar-refractivity contribution in [3.05, 3.63) is 53.4 Å². The molecule has 1 amide bonds. The average molecular weight is 354 g/mol. The second-order valence-electron chi connectivity index (χ2n) is 5.77. The SMILES string of the molecule is CC(C)OC(=O)CNC(=O)c1cc(-c2cccs2)nc2ccccc12. The van der Waals surface area contributed by atoms with Gasteiger partial charge in [0.1, 0.15) is 6.54 Å². The van der Waals surface area contributed by atoms with Crippen molar-refractivity contribution in [1.82, 2.24) is 10.3 Å². The number of amides is 1. The molecule has 0 atom stereocenters. The molecule has 25 heavy (non-hydrogen) atoms. The third-order valence-electron chi connectivity index (χ3n) is 3.49. The summed E-state index contributed by atoms with van der Waals surface area (Å²) in [5.74, 6) is -0.780. The second-order valence-corrected chi connectivity index (χ2v) is 6.72. The molecule has 0 unspecified atom stereocenters. The predicted octanol–water partition coefficient (Wildman–Crippen LogP) is 3.64. The molecular formula is C19H18N2O3S. The van der Waals surface area contributed by atoms with E-state index in [1.807, 2.05) is 41.8 Å². The summed E-state index contributed by atoms with van der Waals surface area (Å²) in [5, 5.41) is 5.34. The molecule has 0 spiro atoms. The number of carbonyl (C=O) groups excluding carboxylic acids is 2. The molecule has 3 rings (SSSR count). The van der Waals surface area contributed by atoms with E-state index < -0.39 is 5.97 Å². The van der Waals surface area contributed by atoms with E-state index in [-0.39, 0.29) is 18.6 Å². The van der Waals surface area contributed by atoms with Crippen LogP contribution in [0.25, 0.3) is 21.5 Å². The van der Waals surface area contributed by atoms with Crippen LogP contribution >= 0.6 is 11.3 Å². The zero-order valence-corrected chi connectivity index (χ0v) is 14.8. The Kier molecular flexibility index (Phi) is 5.09. The van der Waals surface area contributed by atoms with Gasteiger partial charge in [0, 0.05) is 5.39 Å². The summed E-state index contributed by atoms with van der Waals surface area (Å²) < 4.78 is 5.04. The Morgan fingerprint density at radius 2 is 2.00 bits per heavy atom. The number of fused-ring (bicyclic) bond motifs is 1. The Balaban J connectivity index is 1.91. The summed E-state index contributed by atoms with van der Waals surface area (Å²) in [4.78, 5) is 29.9. The summed E-state index contributed by atoms with van der Waals surface area (Å²) >= 11 is 1.56. The number of pyridine rings is 1. The Morgan fingerprint density at radius 1 is 1.20 bits per heavy atom. The van der Waals surface area contributed by atoms with E-state index in [1.165, 1.54) is 0 Å². The number of nitrogens with zero attached hydrogens (tertiary/aromatic N) is 1. The maximum Gasteiger partial charge on any atom is 0.325 e. The zero-order valence-electron chi connectivity index (χ0n) is 14.0. The number of para-hydroxylation sites is 1. The van der Waals surface area contributed by atoms with Gasteiger partial charge < -0.3 is 10.1 Å². The van der Waals surface area contributed by atoms with Crippen molar-refractivity contribution in [1.29, 1.82) is 0 Å². The zero-order chi connectivity index (χ0) is 17.8. The lowest BCUT2D eigenvalue weighted by Crippen LogP contribution is -2.31. The highest BCUT2D eigenvalue weighted by Gasteiger charge is 2.15. The molecule has 0 bridgehead atoms. The number of hydrogen-bond donors (Lipinski definition) is 1. The van der Waals surface area contributed by atoms with E-state index >= 15 is 0 Å². The molecule has 0 saturated heterocycles. The van der Waals surface area contributed by atoms with Gasteiger partial charge in [-0.2, -0.15) is 0 Å². The van der Waals surface area contributed by atoms with Gasteiger partial charge in [0.15, 0.2) is 0 Å². The van der Waals surface area contributed by atoms with Crippen molar-refractivity contribution in [3.8, 4) is 10.6 Å². The van der Waals surface area contributed by atoms with Gasteiger partial charge in [0.05, 0.1) is 27.8 Å². The Hall–Kier alpha value is -2.73. The predicted molar refractivity (Wildman–Crippen MR) is 98.6 cm³/mol. The van der Waals surface area contributed by atoms with E-state index in [0.717, 1.165) is 21.5 Å². The van der Waals surface area contributed by atoms with Crippen molar-refractivity contribution in [2.45, 2.75) is 20.0 Å². The maximum absolute atomic E-state index is 12.6. The van der Waals surface area contributed by atoms with Gasteiger partial charge in [-0.1, -0.05) is 24.3 Å². The van der Waals surface area contributed by atoms with Gasteiger partial charge in [-0.05, 0) is 37.4 Å². The molecule has 0 aliphatic carbocycles. The number of ether oxygens (including phenoxy) is 1. The van der Waals surface area contributed by atoms with Crippen LogP contribution in [0, 0.1) is 0 Å². The summed E-state index contributed by atoms with van der Waals surface area (Å²) in [6.07, 6.45) is -0.211. The molecule has 6 heteroatoms. The first-order chi connectivity index (χ1) is 12.0. The summed E-state index contributed by atoms with van der Waals surface area (Å²) in [6, 6.07) is 13.1. The fourth-order valence-corrected chi connectivity index (χ4v) is 3.15. The van der Waals surface area contributed by atoms with Gasteiger partial charge in [0.2, 0.25) is 0 Å². The van der Waals surface area contributed by atoms with Crippen LogP contribution in [0.3, 0.4) is 0 Å². The third kappa shape index (κ3) is 4.03. The van der Waals surface area contributed by atoms with Crippen LogP contribution in [0.2, 0.25) is 0 Å². The lowest BCUT2D eigenvalue weighted by atomic mass is 10.1. The van der Waals surface area contributed by atoms with Crippen LogP contribution < -0.4 is 5.32 Å². The molecule has 0 aliphatic heterocycles. The van der Waals surface area contributed by atoms with Crippen LogP contribution in [0.5, 0.6) is 0 Å². The second kappa shape index (κ2) is 7.44. The van der Waals surface area contributed by atoms with Crippen molar-refractivity contribution in [2.24, 2.45) is 0 Å². The molecule has 1 N–H and O–H groups in total. The lowest BCUT2D eigenvalue weighted by molar-refractivity contribution is -0.146. The first-order valence-electron chi connectivity index (χ1n) is 7.96. The van der Waals surface area contributed by atoms with Crippen molar-refractivity contribution < 1.29 is 14.3 Å². The standard InChI is InChI=1S/C19H18N2O3S/c1-12(2)24-18(22)11-20-19(23)14-10-16(17-8-5-9-25-17)21-15-7-4-3-6-13(14)15/h3-10,12H,11H2,1-2H3,(H,20,23). The van der Waals surface area contributed by atoms with E-state index in [9.17, 15) is 9.59 Å². The lowest BCUT2D eigenvalue weighted by Gasteiger charge is -2.11. The van der Waals surface area contributed by atoms with Gasteiger partial charge in [-0.3, -0.25) is 9.59 Å². The fraction of sp³-hybridized carbons (Fsp3) is 0.211. The summed E-state index contributed by atoms with van der Waals surface area (Å²) in [5.41, 5.74) is 1.97. The minimum absolute atomic E-state index is 0.165. The minimum atomic E-state index is -0.458. The molecule has 5 nitrogen and oxygen atoms in total. The molecule has 3 aromatic rings. The molecule has 2 aromatic heterocycles. The van der Waals surface area contributed by atoms with Crippen molar-refractivity contribution in [2.75, 3.05) is 6.54 Å². The number of hydrogen-bond acceptors (Lipinski definition) is 5. The number of carbonyl (C=O) groups is 2. The molecular weight excluding hydrogens is 336 g/mol. The topological polar surface area (TPSA) is 68.3 Å². The highest BCUT2D eigenvalue weighted by Crippen LogP contribution is 2.27. The molecule has 0 aliphatic rings. The molecule has 2 heterocycles. The number of esters is 1. The summed E-state index contributed by atoms with van der Waals surface area (Å²) in [6.45, 7) is 3.37. The smallest absolute Gasteiger partial charge is 0.325 e. The maximum atomic E-state index is 12.6. The molecule has 0 saturated carbocycles. The third-order valence-corrected chi connectivity index (χ3v) is 4.39. The van der Waals surface area contributed by atoms with Gasteiger partial charge >= 0.3 is 5.97 Å². The highest BCUT2D eigenvalue weighted by atomic mass is 32.1. The van der Waals surface area contributed by atoms with Crippen molar-refractivity contribution in [3.63, 3.8) is 0 Å². The first kappa shape index (κ1) is 17.1. The Labute approximate surface area is 149 Å². The normalized spacial score (nSPS) is 10.8. The Bertz CT molecular complexity index is 904. The first-order valence-corrected chi connectivity index (χ1v) is 8.84. The highest BCUT2D eigenvalue weighted by molar-refractivity contribution is 7.13. The Morgan fingerprint density at radius 3 is 2.72 bits per heavy atom. The van der Waals surface area contributed by atoms with Crippen LogP contribution in [-0.4, -0.2) is 29.5 Å². The number of nitrogens with one attached hydrogen (secondary N) is 1. The van der Waals surface area contributed by atoms with Crippen LogP contribution in [-0.2, 0) is 9.53 Å². The van der Waals surface area contributed by atoms with Crippen LogP contribution in [0.4, 0.5) is 0 Å². The molecule has 0 radical (unpaired) electrons. The molecule has 0 fully saturated rings. The van der Waals surface area contributed by atoms with Crippen LogP contribution in [0.15, 0.2) is 47.8 Å². The summed E-state index contributed by atoms with van der Waals surface area (Å²) in [7, 11) is 0. The number of rotatable bonds is 5. The number of benzene rings is 1. The van der Waals surface area contributed by atoms with E-state index in [4.69, 9.17) is 4.74 Å². The molecule has 128 valence electrons. The monoisotopic (exact) mass is 354 g/mol. The van der Waals surface area contributed by atoms with Crippen LogP contribution in [0.1, 0.15) is 24.2 Å². The van der Waals surface area contributed by atoms with Crippen molar-refractivity contribution >= 4 is 34.1 Å². The quantitative estimate of drug-likeness (QED) is 0.710. The largest absolute Gasteiger partial charge is 0.462 e. The number of aromatic nitrogens is 1. The van der Waals surface area contributed by atoms with Gasteiger partial charge in [-0.25, -0.2) is 4.98 Å².